The SMILES string of the molecule is CC(=O)O.COC=O.Cc1ccccc1C. The zero-order valence-electron chi connectivity index (χ0n) is 10.1. The molecule has 4 heteroatoms. The Morgan fingerprint density at radius 3 is 1.62 bits per heavy atom. The summed E-state index contributed by atoms with van der Waals surface area (Å²) in [4.78, 5) is 18.0. The van der Waals surface area contributed by atoms with Crippen LogP contribution in [0.25, 0.3) is 0 Å². The molecule has 0 aliphatic rings. The second-order valence-corrected chi connectivity index (χ2v) is 2.94. The molecule has 0 amide bonds. The van der Waals surface area contributed by atoms with Crippen molar-refractivity contribution in [2.45, 2.75) is 20.8 Å². The maximum absolute atomic E-state index is 9.00. The molecule has 0 atom stereocenters. The van der Waals surface area contributed by atoms with E-state index in [4.69, 9.17) is 14.7 Å². The van der Waals surface area contributed by atoms with E-state index in [1.54, 1.807) is 0 Å². The van der Waals surface area contributed by atoms with Gasteiger partial charge in [0.1, 0.15) is 0 Å². The van der Waals surface area contributed by atoms with Gasteiger partial charge in [-0.3, -0.25) is 9.59 Å². The van der Waals surface area contributed by atoms with E-state index in [1.165, 1.54) is 18.2 Å². The smallest absolute Gasteiger partial charge is 0.300 e. The molecule has 0 saturated carbocycles. The standard InChI is InChI=1S/C8H10.2C2H4O2/c1-7-5-3-4-6-8(7)2;1-4-2-3;1-2(3)4/h3-6H,1-2H3;2H,1H3;1H3,(H,3,4). The Morgan fingerprint density at radius 2 is 1.50 bits per heavy atom. The van der Waals surface area contributed by atoms with Crippen molar-refractivity contribution in [1.82, 2.24) is 0 Å². The summed E-state index contributed by atoms with van der Waals surface area (Å²) < 4.78 is 3.86. The molecule has 1 aromatic carbocycles. The van der Waals surface area contributed by atoms with Crippen molar-refractivity contribution in [2.24, 2.45) is 0 Å². The molecule has 90 valence electrons. The lowest BCUT2D eigenvalue weighted by Crippen LogP contribution is -1.78. The summed E-state index contributed by atoms with van der Waals surface area (Å²) in [6.07, 6.45) is 0. The first-order valence-electron chi connectivity index (χ1n) is 4.63. The predicted octanol–water partition coefficient (Wildman–Crippen LogP) is 2.18. The van der Waals surface area contributed by atoms with Crippen LogP contribution >= 0.6 is 0 Å². The zero-order chi connectivity index (χ0) is 13.0. The monoisotopic (exact) mass is 226 g/mol. The lowest BCUT2D eigenvalue weighted by atomic mass is 10.1. The molecule has 1 rings (SSSR count). The van der Waals surface area contributed by atoms with Crippen molar-refractivity contribution in [3.8, 4) is 0 Å². The van der Waals surface area contributed by atoms with Gasteiger partial charge in [0, 0.05) is 6.92 Å². The molecule has 1 N–H and O–H groups in total. The lowest BCUT2D eigenvalue weighted by Gasteiger charge is -1.93. The number of methoxy groups -OCH3 is 1. The first-order chi connectivity index (χ1) is 7.45. The fraction of sp³-hybridized carbons (Fsp3) is 0.333. The van der Waals surface area contributed by atoms with Crippen LogP contribution in [0, 0.1) is 13.8 Å². The predicted molar refractivity (Wildman–Crippen MR) is 62.3 cm³/mol. The van der Waals surface area contributed by atoms with Crippen LogP contribution in [0.3, 0.4) is 0 Å². The van der Waals surface area contributed by atoms with Crippen LogP contribution in [0.1, 0.15) is 18.1 Å². The van der Waals surface area contributed by atoms with E-state index in [0.29, 0.717) is 6.47 Å². The lowest BCUT2D eigenvalue weighted by molar-refractivity contribution is -0.134. The van der Waals surface area contributed by atoms with Crippen molar-refractivity contribution in [2.75, 3.05) is 7.11 Å². The summed E-state index contributed by atoms with van der Waals surface area (Å²) in [5, 5.41) is 7.42. The van der Waals surface area contributed by atoms with Crippen molar-refractivity contribution < 1.29 is 19.4 Å². The Labute approximate surface area is 95.9 Å². The molecule has 0 fully saturated rings. The van der Waals surface area contributed by atoms with E-state index in [2.05, 4.69) is 42.8 Å². The molecule has 16 heavy (non-hydrogen) atoms. The summed E-state index contributed by atoms with van der Waals surface area (Å²) in [5.74, 6) is -0.833. The van der Waals surface area contributed by atoms with E-state index in [9.17, 15) is 0 Å². The minimum Gasteiger partial charge on any atom is -0.481 e. The molecular formula is C12H18O4. The van der Waals surface area contributed by atoms with Crippen molar-refractivity contribution in [3.05, 3.63) is 35.4 Å². The number of aliphatic carboxylic acids is 1. The molecule has 0 aliphatic carbocycles. The first-order valence-corrected chi connectivity index (χ1v) is 4.63. The molecule has 0 heterocycles. The van der Waals surface area contributed by atoms with Crippen LogP contribution in [0.15, 0.2) is 24.3 Å². The van der Waals surface area contributed by atoms with Crippen LogP contribution in [0.2, 0.25) is 0 Å². The Kier molecular flexibility index (Phi) is 11.6. The molecule has 1 aromatic rings. The number of carbonyl (C=O) groups is 2. The molecule has 4 nitrogen and oxygen atoms in total. The van der Waals surface area contributed by atoms with Crippen LogP contribution in [0.4, 0.5) is 0 Å². The van der Waals surface area contributed by atoms with Gasteiger partial charge in [0.2, 0.25) is 0 Å². The number of carboxylic acids is 1. The molecule has 0 saturated heterocycles. The summed E-state index contributed by atoms with van der Waals surface area (Å²) in [6, 6.07) is 8.36. The van der Waals surface area contributed by atoms with Gasteiger partial charge in [-0.15, -0.1) is 0 Å². The molecule has 0 spiro atoms. The average Bonchev–Trinajstić information content (AvgIpc) is 2.22. The fourth-order valence-corrected chi connectivity index (χ4v) is 0.663. The molecule has 0 unspecified atom stereocenters. The number of benzene rings is 1. The molecule has 0 radical (unpaired) electrons. The summed E-state index contributed by atoms with van der Waals surface area (Å²) in [7, 11) is 1.31. The van der Waals surface area contributed by atoms with Crippen LogP contribution in [-0.2, 0) is 14.3 Å². The van der Waals surface area contributed by atoms with E-state index in [0.717, 1.165) is 6.92 Å². The highest BCUT2D eigenvalue weighted by atomic mass is 16.5. The number of ether oxygens (including phenoxy) is 1. The number of hydrogen-bond acceptors (Lipinski definition) is 3. The number of rotatable bonds is 1. The minimum absolute atomic E-state index is 0.375. The second kappa shape index (κ2) is 11.2. The Morgan fingerprint density at radius 1 is 1.25 bits per heavy atom. The van der Waals surface area contributed by atoms with Gasteiger partial charge in [0.05, 0.1) is 7.11 Å². The number of carbonyl (C=O) groups excluding carboxylic acids is 1. The number of hydrogen-bond donors (Lipinski definition) is 1. The van der Waals surface area contributed by atoms with E-state index < -0.39 is 5.97 Å². The summed E-state index contributed by atoms with van der Waals surface area (Å²) >= 11 is 0. The van der Waals surface area contributed by atoms with Crippen LogP contribution in [0.5, 0.6) is 0 Å². The Balaban J connectivity index is 0. The number of aryl methyl sites for hydroxylation is 2. The minimum atomic E-state index is -0.833. The van der Waals surface area contributed by atoms with E-state index in [1.807, 2.05) is 0 Å². The van der Waals surface area contributed by atoms with Gasteiger partial charge in [0.15, 0.2) is 0 Å². The second-order valence-electron chi connectivity index (χ2n) is 2.94. The quantitative estimate of drug-likeness (QED) is 0.745. The fourth-order valence-electron chi connectivity index (χ4n) is 0.663. The van der Waals surface area contributed by atoms with Crippen LogP contribution in [-0.4, -0.2) is 24.7 Å². The Hall–Kier alpha value is -1.84. The average molecular weight is 226 g/mol. The molecule has 0 aromatic heterocycles. The summed E-state index contributed by atoms with van der Waals surface area (Å²) in [5.41, 5.74) is 2.74. The third-order valence-electron chi connectivity index (χ3n) is 1.52. The molecule has 0 bridgehead atoms. The summed E-state index contributed by atoms with van der Waals surface area (Å²) in [6.45, 7) is 5.70. The molecule has 0 aliphatic heterocycles. The van der Waals surface area contributed by atoms with E-state index >= 15 is 0 Å². The largest absolute Gasteiger partial charge is 0.481 e. The highest BCUT2D eigenvalue weighted by Gasteiger charge is 1.83. The maximum atomic E-state index is 9.00. The van der Waals surface area contributed by atoms with Gasteiger partial charge in [0.25, 0.3) is 12.4 Å². The van der Waals surface area contributed by atoms with Crippen molar-refractivity contribution in [1.29, 1.82) is 0 Å². The first kappa shape index (κ1) is 16.6. The Bertz CT molecular complexity index is 283. The third-order valence-corrected chi connectivity index (χ3v) is 1.52. The molecular weight excluding hydrogens is 208 g/mol. The van der Waals surface area contributed by atoms with Gasteiger partial charge in [-0.05, 0) is 25.0 Å². The van der Waals surface area contributed by atoms with Gasteiger partial charge >= 0.3 is 0 Å². The van der Waals surface area contributed by atoms with Crippen LogP contribution < -0.4 is 0 Å². The third kappa shape index (κ3) is 14.7. The normalized spacial score (nSPS) is 7.50. The van der Waals surface area contributed by atoms with Crippen molar-refractivity contribution >= 4 is 12.4 Å². The van der Waals surface area contributed by atoms with E-state index in [-0.39, 0.29) is 0 Å². The highest BCUT2D eigenvalue weighted by molar-refractivity contribution is 5.62. The zero-order valence-corrected chi connectivity index (χ0v) is 10.1. The van der Waals surface area contributed by atoms with Gasteiger partial charge in [-0.2, -0.15) is 0 Å². The number of carboxylic acid groups (broad SMARTS) is 1. The van der Waals surface area contributed by atoms with Gasteiger partial charge in [-0.1, -0.05) is 24.3 Å². The van der Waals surface area contributed by atoms with Gasteiger partial charge in [-0.25, -0.2) is 0 Å². The van der Waals surface area contributed by atoms with Gasteiger partial charge < -0.3 is 9.84 Å². The highest BCUT2D eigenvalue weighted by Crippen LogP contribution is 2.02. The topological polar surface area (TPSA) is 63.6 Å². The van der Waals surface area contributed by atoms with Crippen molar-refractivity contribution in [3.63, 3.8) is 0 Å². The maximum Gasteiger partial charge on any atom is 0.300 e.